The van der Waals surface area contributed by atoms with Crippen LogP contribution in [-0.2, 0) is 16.1 Å². The average Bonchev–Trinajstić information content (AvgIpc) is 3.21. The summed E-state index contributed by atoms with van der Waals surface area (Å²) >= 11 is 0. The molecule has 27 heavy (non-hydrogen) atoms. The number of rotatable bonds is 6. The molecule has 0 N–H and O–H groups in total. The minimum atomic E-state index is -0.867. The zero-order valence-corrected chi connectivity index (χ0v) is 14.6. The Hall–Kier alpha value is -3.62. The zero-order chi connectivity index (χ0) is 19.4. The molecule has 140 valence electrons. The van der Waals surface area contributed by atoms with Gasteiger partial charge in [0, 0.05) is 0 Å². The fourth-order valence-electron chi connectivity index (χ4n) is 2.42. The first-order chi connectivity index (χ1) is 13.0. The van der Waals surface area contributed by atoms with Crippen molar-refractivity contribution in [1.29, 1.82) is 0 Å². The van der Waals surface area contributed by atoms with Gasteiger partial charge < -0.3 is 23.8 Å². The number of aromatic nitrogens is 2. The fraction of sp³-hybridized carbons (Fsp3) is 0.222. The number of esters is 2. The van der Waals surface area contributed by atoms with E-state index in [1.165, 1.54) is 31.6 Å². The van der Waals surface area contributed by atoms with E-state index in [-0.39, 0.29) is 29.3 Å². The summed E-state index contributed by atoms with van der Waals surface area (Å²) in [6, 6.07) is 7.61. The molecule has 0 aliphatic carbocycles. The Morgan fingerprint density at radius 2 is 2.04 bits per heavy atom. The number of ether oxygens (including phenoxy) is 3. The molecule has 0 aliphatic heterocycles. The van der Waals surface area contributed by atoms with Crippen molar-refractivity contribution in [2.24, 2.45) is 0 Å². The van der Waals surface area contributed by atoms with Crippen LogP contribution in [0.1, 0.15) is 33.7 Å². The van der Waals surface area contributed by atoms with Crippen LogP contribution in [0.5, 0.6) is 5.75 Å². The van der Waals surface area contributed by atoms with E-state index in [1.807, 2.05) is 0 Å². The third-order valence-corrected chi connectivity index (χ3v) is 3.66. The van der Waals surface area contributed by atoms with Gasteiger partial charge in [-0.05, 0) is 31.2 Å². The smallest absolute Gasteiger partial charge is 0.407 e. The molecule has 9 heteroatoms. The van der Waals surface area contributed by atoms with Crippen molar-refractivity contribution < 1.29 is 32.9 Å². The summed E-state index contributed by atoms with van der Waals surface area (Å²) in [4.78, 5) is 28.5. The summed E-state index contributed by atoms with van der Waals surface area (Å²) in [5.74, 6) is -1.19. The SMILES string of the molecule is CCOC(=O)c1c(COC(=O)c2ccco2)nc2ccc(OC)cc2[n+]1[O-]. The summed E-state index contributed by atoms with van der Waals surface area (Å²) < 4.78 is 20.5. The highest BCUT2D eigenvalue weighted by atomic mass is 16.6. The van der Waals surface area contributed by atoms with Gasteiger partial charge in [0.15, 0.2) is 5.69 Å². The summed E-state index contributed by atoms with van der Waals surface area (Å²) in [6.45, 7) is 1.28. The summed E-state index contributed by atoms with van der Waals surface area (Å²) in [6.07, 6.45) is 1.33. The molecule has 0 atom stereocenters. The number of carbonyl (C=O) groups excluding carboxylic acids is 2. The predicted octanol–water partition coefficient (Wildman–Crippen LogP) is 2.00. The highest BCUT2D eigenvalue weighted by Crippen LogP contribution is 2.19. The Kier molecular flexibility index (Phi) is 5.20. The van der Waals surface area contributed by atoms with Crippen molar-refractivity contribution in [2.75, 3.05) is 13.7 Å². The minimum absolute atomic E-state index is 0.00629. The van der Waals surface area contributed by atoms with E-state index in [4.69, 9.17) is 18.6 Å². The molecule has 3 aromatic rings. The summed E-state index contributed by atoms with van der Waals surface area (Å²) in [5, 5.41) is 12.8. The van der Waals surface area contributed by atoms with Gasteiger partial charge in [0.25, 0.3) is 0 Å². The van der Waals surface area contributed by atoms with Gasteiger partial charge in [-0.25, -0.2) is 14.6 Å². The van der Waals surface area contributed by atoms with Crippen molar-refractivity contribution in [2.45, 2.75) is 13.5 Å². The van der Waals surface area contributed by atoms with E-state index in [0.29, 0.717) is 16.0 Å². The lowest BCUT2D eigenvalue weighted by atomic mass is 10.2. The molecule has 9 nitrogen and oxygen atoms in total. The van der Waals surface area contributed by atoms with Crippen LogP contribution in [-0.4, -0.2) is 30.6 Å². The van der Waals surface area contributed by atoms with Crippen LogP contribution in [0.2, 0.25) is 0 Å². The van der Waals surface area contributed by atoms with Gasteiger partial charge in [0.2, 0.25) is 11.3 Å². The van der Waals surface area contributed by atoms with Crippen molar-refractivity contribution in [1.82, 2.24) is 4.98 Å². The van der Waals surface area contributed by atoms with Gasteiger partial charge >= 0.3 is 17.6 Å². The standard InChI is InChI=1S/C18H16N2O7/c1-3-25-18(22)16-13(10-27-17(21)15-5-4-8-26-15)19-12-7-6-11(24-2)9-14(12)20(16)23/h4-9H,3,10H2,1-2H3. The Morgan fingerprint density at radius 1 is 1.22 bits per heavy atom. The largest absolute Gasteiger partial charge is 0.618 e. The van der Waals surface area contributed by atoms with Crippen molar-refractivity contribution in [3.05, 3.63) is 59.0 Å². The second-order valence-electron chi connectivity index (χ2n) is 5.33. The molecule has 0 fully saturated rings. The molecular weight excluding hydrogens is 356 g/mol. The predicted molar refractivity (Wildman–Crippen MR) is 91.0 cm³/mol. The number of fused-ring (bicyclic) bond motifs is 1. The first-order valence-corrected chi connectivity index (χ1v) is 8.03. The Bertz CT molecular complexity index is 983. The monoisotopic (exact) mass is 372 g/mol. The van der Waals surface area contributed by atoms with Crippen LogP contribution in [0.25, 0.3) is 11.0 Å². The Balaban J connectivity index is 2.02. The van der Waals surface area contributed by atoms with E-state index < -0.39 is 18.5 Å². The maximum Gasteiger partial charge on any atom is 0.407 e. The maximum absolute atomic E-state index is 12.8. The van der Waals surface area contributed by atoms with Gasteiger partial charge in [-0.15, -0.1) is 0 Å². The third kappa shape index (κ3) is 3.66. The molecule has 0 amide bonds. The van der Waals surface area contributed by atoms with E-state index in [1.54, 1.807) is 19.1 Å². The molecule has 2 aromatic heterocycles. The molecule has 0 aliphatic rings. The minimum Gasteiger partial charge on any atom is -0.618 e. The molecule has 0 radical (unpaired) electrons. The number of nitrogens with zero attached hydrogens (tertiary/aromatic N) is 2. The molecule has 0 saturated heterocycles. The molecule has 0 spiro atoms. The molecule has 0 bridgehead atoms. The summed E-state index contributed by atoms with van der Waals surface area (Å²) in [7, 11) is 1.46. The lowest BCUT2D eigenvalue weighted by Crippen LogP contribution is -2.39. The second-order valence-corrected chi connectivity index (χ2v) is 5.33. The van der Waals surface area contributed by atoms with E-state index >= 15 is 0 Å². The molecule has 2 heterocycles. The van der Waals surface area contributed by atoms with Crippen LogP contribution in [0.15, 0.2) is 41.0 Å². The third-order valence-electron chi connectivity index (χ3n) is 3.66. The van der Waals surface area contributed by atoms with E-state index in [9.17, 15) is 14.8 Å². The van der Waals surface area contributed by atoms with Crippen LogP contribution in [0, 0.1) is 5.21 Å². The van der Waals surface area contributed by atoms with E-state index in [0.717, 1.165) is 0 Å². The van der Waals surface area contributed by atoms with Gasteiger partial charge in [-0.2, -0.15) is 4.73 Å². The Labute approximate surface area is 153 Å². The first-order valence-electron chi connectivity index (χ1n) is 8.03. The summed E-state index contributed by atoms with van der Waals surface area (Å²) in [5.41, 5.74) is 0.0484. The van der Waals surface area contributed by atoms with Crippen LogP contribution in [0.3, 0.4) is 0 Å². The van der Waals surface area contributed by atoms with Gasteiger partial charge in [-0.3, -0.25) is 0 Å². The quantitative estimate of drug-likeness (QED) is 0.367. The highest BCUT2D eigenvalue weighted by molar-refractivity contribution is 5.89. The maximum atomic E-state index is 12.8. The number of hydrogen-bond donors (Lipinski definition) is 0. The van der Waals surface area contributed by atoms with Crippen molar-refractivity contribution in [3.8, 4) is 5.75 Å². The average molecular weight is 372 g/mol. The molecule has 3 rings (SSSR count). The second kappa shape index (κ2) is 7.73. The lowest BCUT2D eigenvalue weighted by molar-refractivity contribution is -0.581. The Morgan fingerprint density at radius 3 is 2.70 bits per heavy atom. The number of furan rings is 1. The number of hydrogen-bond acceptors (Lipinski definition) is 8. The van der Waals surface area contributed by atoms with E-state index in [2.05, 4.69) is 4.98 Å². The molecule has 1 aromatic carbocycles. The topological polar surface area (TPSA) is 115 Å². The van der Waals surface area contributed by atoms with Crippen LogP contribution < -0.4 is 9.47 Å². The van der Waals surface area contributed by atoms with Gasteiger partial charge in [0.1, 0.15) is 17.9 Å². The fourth-order valence-corrected chi connectivity index (χ4v) is 2.42. The van der Waals surface area contributed by atoms with Gasteiger partial charge in [-0.1, -0.05) is 0 Å². The van der Waals surface area contributed by atoms with Crippen LogP contribution >= 0.6 is 0 Å². The number of methoxy groups -OCH3 is 1. The molecular formula is C18H16N2O7. The molecule has 0 unspecified atom stereocenters. The number of benzene rings is 1. The normalized spacial score (nSPS) is 10.6. The van der Waals surface area contributed by atoms with Crippen molar-refractivity contribution in [3.63, 3.8) is 0 Å². The van der Waals surface area contributed by atoms with Gasteiger partial charge in [0.05, 0.1) is 26.0 Å². The number of carbonyl (C=O) groups is 2. The lowest BCUT2D eigenvalue weighted by Gasteiger charge is -2.11. The molecule has 0 saturated carbocycles. The first kappa shape index (κ1) is 18.2. The van der Waals surface area contributed by atoms with Crippen LogP contribution in [0.4, 0.5) is 0 Å². The zero-order valence-electron chi connectivity index (χ0n) is 14.6. The highest BCUT2D eigenvalue weighted by Gasteiger charge is 2.29. The van der Waals surface area contributed by atoms with Crippen molar-refractivity contribution >= 4 is 23.0 Å².